The Kier molecular flexibility index (Phi) is 9.11. The number of aliphatic carboxylic acids is 1. The number of rotatable bonds is 11. The zero-order valence-corrected chi connectivity index (χ0v) is 24.7. The average molecular weight is 624 g/mol. The molecule has 1 atom stereocenters. The molecule has 0 unspecified atom stereocenters. The van der Waals surface area contributed by atoms with E-state index in [4.69, 9.17) is 30.9 Å². The first-order valence-electron chi connectivity index (χ1n) is 14.6. The molecular formula is C33H32ClF2N3O5. The summed E-state index contributed by atoms with van der Waals surface area (Å²) in [6.07, 6.45) is 4.98. The number of nitrogens with zero attached hydrogens (tertiary/aromatic N) is 3. The Morgan fingerprint density at radius 1 is 1.09 bits per heavy atom. The van der Waals surface area contributed by atoms with Crippen LogP contribution in [-0.2, 0) is 29.2 Å². The van der Waals surface area contributed by atoms with Crippen molar-refractivity contribution in [2.24, 2.45) is 0 Å². The predicted molar refractivity (Wildman–Crippen MR) is 162 cm³/mol. The highest BCUT2D eigenvalue weighted by Crippen LogP contribution is 2.28. The molecule has 2 aliphatic heterocycles. The molecule has 1 aromatic heterocycles. The maximum absolute atomic E-state index is 15.1. The van der Waals surface area contributed by atoms with Crippen molar-refractivity contribution in [3.8, 4) is 11.5 Å². The summed E-state index contributed by atoms with van der Waals surface area (Å²) in [4.78, 5) is 18.0. The number of hydrogen-bond acceptors (Lipinski definition) is 6. The first-order valence-corrected chi connectivity index (χ1v) is 15.0. The predicted octanol–water partition coefficient (Wildman–Crippen LogP) is 6.48. The van der Waals surface area contributed by atoms with E-state index in [0.717, 1.165) is 55.6 Å². The Morgan fingerprint density at radius 3 is 2.64 bits per heavy atom. The number of fused-ring (bicyclic) bond motifs is 1. The average Bonchev–Trinajstić information content (AvgIpc) is 3.31. The summed E-state index contributed by atoms with van der Waals surface area (Å²) in [5, 5.41) is 9.31. The van der Waals surface area contributed by atoms with E-state index < -0.39 is 17.6 Å². The van der Waals surface area contributed by atoms with Crippen LogP contribution in [-0.4, -0.2) is 57.4 Å². The van der Waals surface area contributed by atoms with Gasteiger partial charge in [-0.3, -0.25) is 4.90 Å². The highest BCUT2D eigenvalue weighted by molar-refractivity contribution is 6.30. The van der Waals surface area contributed by atoms with Gasteiger partial charge in [-0.05, 0) is 78.9 Å². The Morgan fingerprint density at radius 2 is 1.91 bits per heavy atom. The fourth-order valence-electron chi connectivity index (χ4n) is 5.51. The number of piperidine rings is 1. The number of likely N-dealkylation sites (tertiary alicyclic amines) is 1. The molecule has 3 heterocycles. The Balaban J connectivity index is 1.09. The van der Waals surface area contributed by atoms with Crippen molar-refractivity contribution in [1.29, 1.82) is 0 Å². The molecule has 0 bridgehead atoms. The van der Waals surface area contributed by atoms with Gasteiger partial charge in [-0.15, -0.1) is 0 Å². The van der Waals surface area contributed by atoms with Gasteiger partial charge in [0.25, 0.3) is 0 Å². The van der Waals surface area contributed by atoms with Crippen molar-refractivity contribution in [3.05, 3.63) is 94.3 Å². The van der Waals surface area contributed by atoms with Gasteiger partial charge in [0.2, 0.25) is 0 Å². The standard InChI is InChI=1S/C33H32ClF2N3O5/c34-23-5-6-30(27(35)17-23)43-20-22-2-1-3-25(14-22)44-24-8-11-38(12-9-24)19-31-37-33-28(36)15-21(4-7-32(40)41)16-29(33)39(31)18-26-10-13-42-26/h1-7,14-17,24,26H,8-13,18-20H2,(H,40,41)/b7-4+/t26-/m0/s1. The molecule has 1 N–H and O–H groups in total. The summed E-state index contributed by atoms with van der Waals surface area (Å²) in [6.45, 7) is 3.56. The van der Waals surface area contributed by atoms with Gasteiger partial charge in [0, 0.05) is 30.8 Å². The van der Waals surface area contributed by atoms with Crippen LogP contribution < -0.4 is 9.47 Å². The van der Waals surface area contributed by atoms with Crippen molar-refractivity contribution >= 4 is 34.7 Å². The van der Waals surface area contributed by atoms with Crippen LogP contribution in [0.5, 0.6) is 11.5 Å². The molecular weight excluding hydrogens is 592 g/mol. The van der Waals surface area contributed by atoms with Gasteiger partial charge >= 0.3 is 5.97 Å². The van der Waals surface area contributed by atoms with Crippen molar-refractivity contribution in [1.82, 2.24) is 14.5 Å². The second-order valence-corrected chi connectivity index (χ2v) is 11.5. The van der Waals surface area contributed by atoms with E-state index >= 15 is 4.39 Å². The third-order valence-corrected chi connectivity index (χ3v) is 8.13. The number of imidazole rings is 1. The second kappa shape index (κ2) is 13.3. The summed E-state index contributed by atoms with van der Waals surface area (Å²) >= 11 is 5.82. The summed E-state index contributed by atoms with van der Waals surface area (Å²) in [6, 6.07) is 15.0. The van der Waals surface area contributed by atoms with Crippen LogP contribution in [0.25, 0.3) is 17.1 Å². The third-order valence-electron chi connectivity index (χ3n) is 7.90. The maximum Gasteiger partial charge on any atom is 0.328 e. The van der Waals surface area contributed by atoms with Crippen LogP contribution in [0.3, 0.4) is 0 Å². The number of carbonyl (C=O) groups is 1. The Labute approximate surface area is 258 Å². The number of carboxylic acid groups (broad SMARTS) is 1. The monoisotopic (exact) mass is 623 g/mol. The van der Waals surface area contributed by atoms with E-state index in [0.29, 0.717) is 35.8 Å². The van der Waals surface area contributed by atoms with Crippen LogP contribution in [0.4, 0.5) is 8.78 Å². The molecule has 11 heteroatoms. The van der Waals surface area contributed by atoms with E-state index in [2.05, 4.69) is 9.88 Å². The van der Waals surface area contributed by atoms with Gasteiger partial charge in [-0.25, -0.2) is 18.6 Å². The number of hydrogen-bond donors (Lipinski definition) is 1. The highest BCUT2D eigenvalue weighted by atomic mass is 35.5. The zero-order valence-electron chi connectivity index (χ0n) is 23.9. The third kappa shape index (κ3) is 7.20. The van der Waals surface area contributed by atoms with E-state index in [-0.39, 0.29) is 30.1 Å². The van der Waals surface area contributed by atoms with E-state index in [1.165, 1.54) is 24.3 Å². The fraction of sp³-hybridized carbons (Fsp3) is 0.333. The largest absolute Gasteiger partial charge is 0.490 e. The lowest BCUT2D eigenvalue weighted by Crippen LogP contribution is -2.39. The maximum atomic E-state index is 15.1. The van der Waals surface area contributed by atoms with Crippen LogP contribution >= 0.6 is 11.6 Å². The molecule has 0 spiro atoms. The fourth-order valence-corrected chi connectivity index (χ4v) is 5.67. The lowest BCUT2D eigenvalue weighted by Gasteiger charge is -2.32. The molecule has 6 rings (SSSR count). The minimum Gasteiger partial charge on any atom is -0.490 e. The quantitative estimate of drug-likeness (QED) is 0.192. The molecule has 8 nitrogen and oxygen atoms in total. The molecule has 0 aliphatic carbocycles. The lowest BCUT2D eigenvalue weighted by atomic mass is 10.1. The molecule has 0 saturated carbocycles. The SMILES string of the molecule is O=C(O)/C=C/c1cc(F)c2nc(CN3CCC(Oc4cccc(COc5ccc(Cl)cc5F)c4)CC3)n(C[C@@H]3CCO3)c2c1. The summed E-state index contributed by atoms with van der Waals surface area (Å²) < 4.78 is 48.7. The number of benzene rings is 3. The first-order chi connectivity index (χ1) is 21.3. The van der Waals surface area contributed by atoms with Crippen LogP contribution in [0, 0.1) is 11.6 Å². The normalized spacial score (nSPS) is 17.7. The van der Waals surface area contributed by atoms with Gasteiger partial charge in [-0.1, -0.05) is 23.7 Å². The molecule has 2 saturated heterocycles. The Hall–Kier alpha value is -3.99. The molecule has 0 radical (unpaired) electrons. The zero-order chi connectivity index (χ0) is 30.6. The molecule has 3 aromatic carbocycles. The summed E-state index contributed by atoms with van der Waals surface area (Å²) in [7, 11) is 0. The number of ether oxygens (including phenoxy) is 3. The van der Waals surface area contributed by atoms with E-state index in [1.54, 1.807) is 12.1 Å². The van der Waals surface area contributed by atoms with Crippen LogP contribution in [0.15, 0.2) is 60.7 Å². The molecule has 0 amide bonds. The van der Waals surface area contributed by atoms with Gasteiger partial charge in [0.05, 0.1) is 24.7 Å². The van der Waals surface area contributed by atoms with Gasteiger partial charge in [0.1, 0.15) is 29.8 Å². The van der Waals surface area contributed by atoms with Crippen molar-refractivity contribution in [3.63, 3.8) is 0 Å². The highest BCUT2D eigenvalue weighted by Gasteiger charge is 2.26. The molecule has 4 aromatic rings. The Bertz CT molecular complexity index is 1680. The number of aromatic nitrogens is 2. The van der Waals surface area contributed by atoms with Crippen molar-refractivity contribution in [2.45, 2.75) is 51.2 Å². The minimum absolute atomic E-state index is 0.0272. The van der Waals surface area contributed by atoms with Gasteiger partial charge < -0.3 is 23.9 Å². The lowest BCUT2D eigenvalue weighted by molar-refractivity contribution is -0.131. The van der Waals surface area contributed by atoms with Crippen molar-refractivity contribution in [2.75, 3.05) is 19.7 Å². The summed E-state index contributed by atoms with van der Waals surface area (Å²) in [5.41, 5.74) is 2.22. The van der Waals surface area contributed by atoms with E-state index in [9.17, 15) is 9.18 Å². The molecule has 2 aliphatic rings. The molecule has 2 fully saturated rings. The van der Waals surface area contributed by atoms with Gasteiger partial charge in [0.15, 0.2) is 17.4 Å². The first kappa shape index (κ1) is 30.1. The van der Waals surface area contributed by atoms with Gasteiger partial charge in [-0.2, -0.15) is 0 Å². The minimum atomic E-state index is -1.09. The van der Waals surface area contributed by atoms with E-state index in [1.807, 2.05) is 28.8 Å². The summed E-state index contributed by atoms with van der Waals surface area (Å²) in [5.74, 6) is -0.473. The topological polar surface area (TPSA) is 86.0 Å². The second-order valence-electron chi connectivity index (χ2n) is 11.1. The van der Waals surface area contributed by atoms with Crippen molar-refractivity contribution < 1.29 is 32.9 Å². The van der Waals surface area contributed by atoms with Crippen LogP contribution in [0.1, 0.15) is 36.2 Å². The smallest absolute Gasteiger partial charge is 0.328 e. The number of carboxylic acids is 1. The molecule has 230 valence electrons. The number of halogens is 3. The van der Waals surface area contributed by atoms with Crippen LogP contribution in [0.2, 0.25) is 5.02 Å². The molecule has 44 heavy (non-hydrogen) atoms.